The van der Waals surface area contributed by atoms with Crippen LogP contribution in [0.3, 0.4) is 0 Å². The van der Waals surface area contributed by atoms with E-state index in [1.165, 1.54) is 0 Å². The van der Waals surface area contributed by atoms with Gasteiger partial charge in [-0.2, -0.15) is 0 Å². The van der Waals surface area contributed by atoms with Gasteiger partial charge in [-0.3, -0.25) is 19.7 Å². The van der Waals surface area contributed by atoms with E-state index in [0.29, 0.717) is 53.8 Å². The standard InChI is InChI=1S/C48H61FN8O5/c1-6-31-11-7-12-32-20-35(58)21-37(42(31)32)44-43(49)45(38(23-51-44)46(50-5)55-24-33-13-14-34(25-55)53-33)52-28-60-27-48-16-9-18-56(48)26-36(15-17-48)61-40-22-39(62-54-40)41(29(2)3)47(59)57-19-8-10-30(57)4/h7,11-12,20-23,29-30,33-34,36,41,53,58H,5-6,8-10,13-19,24-28H2,1-4H3/b46-38+,52-45?. The molecule has 5 saturated heterocycles. The van der Waals surface area contributed by atoms with Gasteiger partial charge in [0.15, 0.2) is 11.6 Å². The highest BCUT2D eigenvalue weighted by Gasteiger charge is 2.46. The number of aromatic hydroxyl groups is 1. The molecule has 13 nitrogen and oxygen atoms in total. The van der Waals surface area contributed by atoms with Gasteiger partial charge >= 0.3 is 0 Å². The van der Waals surface area contributed by atoms with E-state index in [0.717, 1.165) is 100 Å². The van der Waals surface area contributed by atoms with Crippen LogP contribution >= 0.6 is 0 Å². The first kappa shape index (κ1) is 42.4. The number of carbonyl (C=O) groups is 1. The van der Waals surface area contributed by atoms with Gasteiger partial charge in [0, 0.05) is 67.7 Å². The number of piperazine rings is 1. The van der Waals surface area contributed by atoms with Crippen LogP contribution in [0.25, 0.3) is 16.5 Å². The molecule has 0 spiro atoms. The molecule has 2 bridgehead atoms. The Morgan fingerprint density at radius 2 is 1.92 bits per heavy atom. The normalized spacial score (nSPS) is 28.4. The number of aromatic nitrogens is 1. The van der Waals surface area contributed by atoms with Gasteiger partial charge in [-0.1, -0.05) is 39.0 Å². The highest BCUT2D eigenvalue weighted by molar-refractivity contribution is 6.29. The Hall–Kier alpha value is -4.92. The summed E-state index contributed by atoms with van der Waals surface area (Å²) in [7, 11) is 0. The fourth-order valence-electron chi connectivity index (χ4n) is 11.1. The summed E-state index contributed by atoms with van der Waals surface area (Å²) in [6.45, 7) is 16.5. The van der Waals surface area contributed by atoms with Crippen molar-refractivity contribution in [2.75, 3.05) is 46.1 Å². The number of carbonyl (C=O) groups excluding carboxylic acids is 1. The molecule has 6 aliphatic heterocycles. The Kier molecular flexibility index (Phi) is 12.1. The molecule has 2 N–H and O–H groups in total. The van der Waals surface area contributed by atoms with Crippen LogP contribution in [0.15, 0.2) is 73.1 Å². The van der Waals surface area contributed by atoms with E-state index in [1.807, 2.05) is 36.9 Å². The zero-order valence-corrected chi connectivity index (χ0v) is 36.6. The monoisotopic (exact) mass is 848 g/mol. The van der Waals surface area contributed by atoms with Gasteiger partial charge in [0.2, 0.25) is 5.91 Å². The van der Waals surface area contributed by atoms with Crippen LogP contribution in [0.1, 0.15) is 102 Å². The molecule has 2 aromatic carbocycles. The number of nitrogens with zero attached hydrogens (tertiary/aromatic N) is 7. The van der Waals surface area contributed by atoms with Gasteiger partial charge < -0.3 is 34.2 Å². The maximum atomic E-state index is 17.3. The van der Waals surface area contributed by atoms with Crippen molar-refractivity contribution in [1.29, 1.82) is 0 Å². The summed E-state index contributed by atoms with van der Waals surface area (Å²) in [5.41, 5.74) is 2.06. The molecule has 7 heterocycles. The van der Waals surface area contributed by atoms with Crippen molar-refractivity contribution in [1.82, 2.24) is 25.2 Å². The van der Waals surface area contributed by atoms with Gasteiger partial charge in [0.1, 0.15) is 41.7 Å². The van der Waals surface area contributed by atoms with Crippen molar-refractivity contribution in [3.05, 3.63) is 70.5 Å². The minimum Gasteiger partial charge on any atom is -0.508 e. The van der Waals surface area contributed by atoms with Crippen LogP contribution in [-0.2, 0) is 16.0 Å². The predicted octanol–water partition coefficient (Wildman–Crippen LogP) is 7.41. The molecule has 0 aliphatic carbocycles. The topological polar surface area (TPSA) is 141 Å². The molecule has 3 aromatic rings. The van der Waals surface area contributed by atoms with Gasteiger partial charge in [0.05, 0.1) is 12.2 Å². The van der Waals surface area contributed by atoms with Crippen LogP contribution in [0.5, 0.6) is 11.6 Å². The third-order valence-corrected chi connectivity index (χ3v) is 14.2. The molecule has 62 heavy (non-hydrogen) atoms. The SMILES string of the molecule is C=N/C(=C1/C=NC(c2cc(O)cc3cccc(CC)c23)=C(F)C1=NCOCC12CCCN1CC(Oc1cc(C(C(=O)N3CCCC3C)C(C)C)on1)CC2)N1CC2CCC(C1)N2. The van der Waals surface area contributed by atoms with Gasteiger partial charge in [-0.15, -0.1) is 0 Å². The fourth-order valence-corrected chi connectivity index (χ4v) is 11.1. The molecule has 330 valence electrons. The number of hydrogen-bond acceptors (Lipinski definition) is 12. The van der Waals surface area contributed by atoms with Gasteiger partial charge in [-0.25, -0.2) is 9.38 Å². The first-order valence-corrected chi connectivity index (χ1v) is 22.8. The number of benzene rings is 2. The van der Waals surface area contributed by atoms with Gasteiger partial charge in [-0.05, 0) is 118 Å². The summed E-state index contributed by atoms with van der Waals surface area (Å²) in [6, 6.07) is 11.9. The molecule has 14 heteroatoms. The van der Waals surface area contributed by atoms with E-state index >= 15 is 4.39 Å². The van der Waals surface area contributed by atoms with E-state index < -0.39 is 11.7 Å². The summed E-state index contributed by atoms with van der Waals surface area (Å²) >= 11 is 0. The zero-order valence-electron chi connectivity index (χ0n) is 36.6. The lowest BCUT2D eigenvalue weighted by Crippen LogP contribution is -2.55. The quantitative estimate of drug-likeness (QED) is 0.133. The van der Waals surface area contributed by atoms with E-state index in [-0.39, 0.29) is 53.4 Å². The smallest absolute Gasteiger partial charge is 0.254 e. The maximum absolute atomic E-state index is 17.3. The summed E-state index contributed by atoms with van der Waals surface area (Å²) < 4.78 is 36.0. The Morgan fingerprint density at radius 3 is 2.66 bits per heavy atom. The number of ether oxygens (including phenoxy) is 2. The number of amides is 1. The number of phenols is 1. The molecular formula is C48H61FN8O5. The number of likely N-dealkylation sites (tertiary alicyclic amines) is 2. The van der Waals surface area contributed by atoms with E-state index in [1.54, 1.807) is 24.4 Å². The number of phenolic OH excluding ortho intramolecular Hbond substituents is 1. The molecule has 0 saturated carbocycles. The summed E-state index contributed by atoms with van der Waals surface area (Å²) in [6.07, 6.45) is 10.2. The number of rotatable bonds is 13. The van der Waals surface area contributed by atoms with Crippen molar-refractivity contribution in [3.8, 4) is 11.6 Å². The van der Waals surface area contributed by atoms with Crippen LogP contribution < -0.4 is 10.1 Å². The first-order valence-electron chi connectivity index (χ1n) is 22.8. The summed E-state index contributed by atoms with van der Waals surface area (Å²) in [5.74, 6) is 0.720. The second kappa shape index (κ2) is 17.7. The molecule has 0 radical (unpaired) electrons. The Labute approximate surface area is 363 Å². The minimum atomic E-state index is -0.591. The number of aryl methyl sites for hydroxylation is 1. The number of allylic oxidation sites excluding steroid dienone is 2. The Balaban J connectivity index is 0.928. The number of fused-ring (bicyclic) bond motifs is 4. The third kappa shape index (κ3) is 8.09. The van der Waals surface area contributed by atoms with Crippen molar-refractivity contribution in [2.24, 2.45) is 20.9 Å². The van der Waals surface area contributed by atoms with Gasteiger partial charge in [0.25, 0.3) is 5.88 Å². The van der Waals surface area contributed by atoms with E-state index in [4.69, 9.17) is 24.0 Å². The average molecular weight is 849 g/mol. The van der Waals surface area contributed by atoms with Crippen LogP contribution in [-0.4, -0.2) is 125 Å². The predicted molar refractivity (Wildman–Crippen MR) is 240 cm³/mol. The molecule has 1 amide bonds. The molecule has 1 aromatic heterocycles. The van der Waals surface area contributed by atoms with E-state index in [2.05, 4.69) is 45.8 Å². The zero-order chi connectivity index (χ0) is 43.1. The number of aliphatic imine (C=N–C) groups is 3. The lowest BCUT2D eigenvalue weighted by Gasteiger charge is -2.44. The lowest BCUT2D eigenvalue weighted by molar-refractivity contribution is -0.134. The number of hydrogen-bond donors (Lipinski definition) is 2. The second-order valence-electron chi connectivity index (χ2n) is 18.6. The molecule has 6 atom stereocenters. The summed E-state index contributed by atoms with van der Waals surface area (Å²) in [5, 5.41) is 20.4. The third-order valence-electron chi connectivity index (χ3n) is 14.2. The fraction of sp³-hybridized carbons (Fsp3) is 0.562. The summed E-state index contributed by atoms with van der Waals surface area (Å²) in [4.78, 5) is 34.3. The number of halogens is 1. The van der Waals surface area contributed by atoms with Crippen LogP contribution in [0.4, 0.5) is 4.39 Å². The number of nitrogens with one attached hydrogen (secondary N) is 1. The highest BCUT2D eigenvalue weighted by Crippen LogP contribution is 2.41. The lowest BCUT2D eigenvalue weighted by atomic mass is 9.86. The minimum absolute atomic E-state index is 0.0364. The molecule has 9 rings (SSSR count). The largest absolute Gasteiger partial charge is 0.508 e. The number of piperidine rings is 1. The van der Waals surface area contributed by atoms with Crippen molar-refractivity contribution < 1.29 is 28.3 Å². The molecule has 6 aliphatic rings. The Bertz CT molecular complexity index is 2310. The molecule has 5 fully saturated rings. The van der Waals surface area contributed by atoms with Crippen molar-refractivity contribution in [3.63, 3.8) is 0 Å². The van der Waals surface area contributed by atoms with E-state index in [9.17, 15) is 9.90 Å². The maximum Gasteiger partial charge on any atom is 0.254 e. The van der Waals surface area contributed by atoms with Crippen molar-refractivity contribution >= 4 is 41.0 Å². The Morgan fingerprint density at radius 1 is 1.10 bits per heavy atom. The average Bonchev–Trinajstić information content (AvgIpc) is 4.07. The second-order valence-corrected chi connectivity index (χ2v) is 18.6. The first-order chi connectivity index (χ1) is 30.1. The van der Waals surface area contributed by atoms with Crippen molar-refractivity contribution in [2.45, 2.75) is 121 Å². The highest BCUT2D eigenvalue weighted by atomic mass is 19.1. The van der Waals surface area contributed by atoms with Crippen LogP contribution in [0, 0.1) is 5.92 Å². The molecular weight excluding hydrogens is 788 g/mol. The molecule has 6 unspecified atom stereocenters. The van der Waals surface area contributed by atoms with Crippen LogP contribution in [0.2, 0.25) is 0 Å².